The summed E-state index contributed by atoms with van der Waals surface area (Å²) in [5.74, 6) is 2.17. The van der Waals surface area contributed by atoms with Gasteiger partial charge in [0.25, 0.3) is 0 Å². The van der Waals surface area contributed by atoms with Crippen molar-refractivity contribution >= 4 is 39.6 Å². The summed E-state index contributed by atoms with van der Waals surface area (Å²) in [5, 5.41) is 3.87. The second-order valence-corrected chi connectivity index (χ2v) is 9.19. The molecule has 0 saturated heterocycles. The summed E-state index contributed by atoms with van der Waals surface area (Å²) >= 11 is 6.12. The highest BCUT2D eigenvalue weighted by Crippen LogP contribution is 2.37. The molecule has 7 heteroatoms. The van der Waals surface area contributed by atoms with E-state index in [0.29, 0.717) is 11.6 Å². The molecular formula is C25H28ClN5O. The number of hydrogen-bond acceptors (Lipinski definition) is 3. The third-order valence-corrected chi connectivity index (χ3v) is 6.91. The molecule has 1 aliphatic carbocycles. The Kier molecular flexibility index (Phi) is 5.87. The maximum absolute atomic E-state index is 13.1. The van der Waals surface area contributed by atoms with Crippen molar-refractivity contribution in [2.24, 2.45) is 13.0 Å². The van der Waals surface area contributed by atoms with Gasteiger partial charge in [0.15, 0.2) is 0 Å². The van der Waals surface area contributed by atoms with Gasteiger partial charge in [-0.2, -0.15) is 0 Å². The Morgan fingerprint density at radius 3 is 2.88 bits per heavy atom. The number of para-hydroxylation sites is 2. The van der Waals surface area contributed by atoms with E-state index in [1.54, 1.807) is 0 Å². The number of amides is 1. The summed E-state index contributed by atoms with van der Waals surface area (Å²) in [6, 6.07) is 13.8. The van der Waals surface area contributed by atoms with Crippen LogP contribution in [0.25, 0.3) is 22.1 Å². The molecular weight excluding hydrogens is 422 g/mol. The van der Waals surface area contributed by atoms with E-state index in [9.17, 15) is 4.79 Å². The average molecular weight is 450 g/mol. The quantitative estimate of drug-likeness (QED) is 0.401. The fourth-order valence-corrected chi connectivity index (χ4v) is 5.13. The van der Waals surface area contributed by atoms with Crippen molar-refractivity contribution in [2.75, 3.05) is 6.54 Å². The number of aryl methyl sites for hydroxylation is 2. The van der Waals surface area contributed by atoms with Crippen molar-refractivity contribution in [3.63, 3.8) is 0 Å². The molecule has 6 nitrogen and oxygen atoms in total. The molecule has 2 atom stereocenters. The molecule has 1 amide bonds. The maximum Gasteiger partial charge on any atom is 0.223 e. The minimum atomic E-state index is -0.0458. The summed E-state index contributed by atoms with van der Waals surface area (Å²) in [6.45, 7) is 0.654. The van der Waals surface area contributed by atoms with Gasteiger partial charge in [-0.25, -0.2) is 9.97 Å². The van der Waals surface area contributed by atoms with Crippen molar-refractivity contribution in [3.05, 3.63) is 59.1 Å². The minimum absolute atomic E-state index is 0.0458. The molecule has 0 spiro atoms. The predicted octanol–water partition coefficient (Wildman–Crippen LogP) is 5.13. The summed E-state index contributed by atoms with van der Waals surface area (Å²) in [5.41, 5.74) is 3.99. The van der Waals surface area contributed by atoms with Crippen LogP contribution < -0.4 is 5.32 Å². The van der Waals surface area contributed by atoms with Gasteiger partial charge in [-0.1, -0.05) is 36.6 Å². The Hall–Kier alpha value is -2.86. The number of fused-ring (bicyclic) bond motifs is 2. The van der Waals surface area contributed by atoms with Crippen LogP contribution in [0, 0.1) is 5.92 Å². The van der Waals surface area contributed by atoms with E-state index < -0.39 is 0 Å². The zero-order valence-corrected chi connectivity index (χ0v) is 19.0. The average Bonchev–Trinajstić information content (AvgIpc) is 3.37. The fraction of sp³-hybridized carbons (Fsp3) is 0.400. The summed E-state index contributed by atoms with van der Waals surface area (Å²) in [6.07, 6.45) is 5.79. The van der Waals surface area contributed by atoms with Gasteiger partial charge in [0.1, 0.15) is 11.6 Å². The van der Waals surface area contributed by atoms with Gasteiger partial charge in [0.05, 0.1) is 22.1 Å². The number of aromatic nitrogens is 4. The zero-order valence-electron chi connectivity index (χ0n) is 18.3. The normalized spacial score (nSPS) is 18.9. The molecule has 5 rings (SSSR count). The van der Waals surface area contributed by atoms with Crippen molar-refractivity contribution in [3.8, 4) is 0 Å². The minimum Gasteiger partial charge on any atom is -0.356 e. The van der Waals surface area contributed by atoms with Gasteiger partial charge >= 0.3 is 0 Å². The van der Waals surface area contributed by atoms with Gasteiger partial charge in [-0.05, 0) is 49.6 Å². The smallest absolute Gasteiger partial charge is 0.223 e. The van der Waals surface area contributed by atoms with Gasteiger partial charge in [0.2, 0.25) is 5.91 Å². The van der Waals surface area contributed by atoms with Crippen molar-refractivity contribution in [1.29, 1.82) is 0 Å². The van der Waals surface area contributed by atoms with Gasteiger partial charge < -0.3 is 14.9 Å². The monoisotopic (exact) mass is 449 g/mol. The second kappa shape index (κ2) is 8.94. The first kappa shape index (κ1) is 21.0. The first-order chi connectivity index (χ1) is 15.6. The van der Waals surface area contributed by atoms with Crippen LogP contribution in [-0.4, -0.2) is 32.0 Å². The van der Waals surface area contributed by atoms with Crippen LogP contribution in [0.15, 0.2) is 42.5 Å². The molecule has 2 aromatic carbocycles. The van der Waals surface area contributed by atoms with E-state index in [-0.39, 0.29) is 17.7 Å². The highest BCUT2D eigenvalue weighted by atomic mass is 35.5. The SMILES string of the molecule is Cn1c(CCCNC(=O)[C@@H]2CCCC[C@@H]2c2nc3ccc(Cl)cc3[nH]2)nc2ccccc21. The molecule has 2 N–H and O–H groups in total. The van der Waals surface area contributed by atoms with E-state index >= 15 is 0 Å². The van der Waals surface area contributed by atoms with Crippen LogP contribution in [0.2, 0.25) is 5.02 Å². The number of aromatic amines is 1. The highest BCUT2D eigenvalue weighted by Gasteiger charge is 2.33. The number of nitrogens with one attached hydrogen (secondary N) is 2. The molecule has 2 aromatic heterocycles. The lowest BCUT2D eigenvalue weighted by atomic mass is 9.78. The van der Waals surface area contributed by atoms with Crippen LogP contribution in [0.1, 0.15) is 49.7 Å². The number of nitrogens with zero attached hydrogens (tertiary/aromatic N) is 3. The molecule has 166 valence electrons. The molecule has 0 radical (unpaired) electrons. The molecule has 0 aliphatic heterocycles. The number of rotatable bonds is 6. The zero-order chi connectivity index (χ0) is 22.1. The number of halogens is 1. The topological polar surface area (TPSA) is 75.6 Å². The van der Waals surface area contributed by atoms with Gasteiger partial charge in [-0.15, -0.1) is 0 Å². The summed E-state index contributed by atoms with van der Waals surface area (Å²) < 4.78 is 2.14. The van der Waals surface area contributed by atoms with Crippen LogP contribution in [0.3, 0.4) is 0 Å². The molecule has 32 heavy (non-hydrogen) atoms. The number of carbonyl (C=O) groups excluding carboxylic acids is 1. The Labute approximate surface area is 192 Å². The number of H-pyrrole nitrogens is 1. The summed E-state index contributed by atoms with van der Waals surface area (Å²) in [7, 11) is 2.05. The maximum atomic E-state index is 13.1. The van der Waals surface area contributed by atoms with Crippen molar-refractivity contribution in [2.45, 2.75) is 44.4 Å². The standard InChI is InChI=1S/C25H28ClN5O/c1-31-22-10-5-4-9-20(22)28-23(31)11-6-14-27-25(32)18-8-3-2-7-17(18)24-29-19-13-12-16(26)15-21(19)30-24/h4-5,9-10,12-13,15,17-18H,2-3,6-8,11,14H2,1H3,(H,27,32)(H,29,30)/t17-,18+/m0/s1. The third kappa shape index (κ3) is 4.11. The Morgan fingerprint density at radius 2 is 2.00 bits per heavy atom. The van der Waals surface area contributed by atoms with E-state index in [1.165, 1.54) is 0 Å². The number of imidazole rings is 2. The van der Waals surface area contributed by atoms with Crippen LogP contribution in [0.5, 0.6) is 0 Å². The van der Waals surface area contributed by atoms with Gasteiger partial charge in [0, 0.05) is 36.9 Å². The second-order valence-electron chi connectivity index (χ2n) is 8.75. The van der Waals surface area contributed by atoms with E-state index in [2.05, 4.69) is 28.0 Å². The fourth-order valence-electron chi connectivity index (χ4n) is 4.96. The molecule has 1 saturated carbocycles. The van der Waals surface area contributed by atoms with Crippen LogP contribution in [-0.2, 0) is 18.3 Å². The van der Waals surface area contributed by atoms with Gasteiger partial charge in [-0.3, -0.25) is 4.79 Å². The predicted molar refractivity (Wildman–Crippen MR) is 128 cm³/mol. The first-order valence-corrected chi connectivity index (χ1v) is 11.8. The van der Waals surface area contributed by atoms with E-state index in [4.69, 9.17) is 21.6 Å². The molecule has 0 unspecified atom stereocenters. The number of hydrogen-bond donors (Lipinski definition) is 2. The molecule has 1 aliphatic rings. The lowest BCUT2D eigenvalue weighted by Gasteiger charge is -2.29. The first-order valence-electron chi connectivity index (χ1n) is 11.4. The molecule has 1 fully saturated rings. The number of carbonyl (C=O) groups is 1. The van der Waals surface area contributed by atoms with E-state index in [0.717, 1.165) is 72.2 Å². The highest BCUT2D eigenvalue weighted by molar-refractivity contribution is 6.31. The van der Waals surface area contributed by atoms with Crippen LogP contribution in [0.4, 0.5) is 0 Å². The summed E-state index contributed by atoms with van der Waals surface area (Å²) in [4.78, 5) is 26.0. The van der Waals surface area contributed by atoms with Crippen molar-refractivity contribution in [1.82, 2.24) is 24.8 Å². The molecule has 2 heterocycles. The number of benzene rings is 2. The molecule has 4 aromatic rings. The third-order valence-electron chi connectivity index (χ3n) is 6.67. The largest absolute Gasteiger partial charge is 0.356 e. The van der Waals surface area contributed by atoms with Crippen LogP contribution >= 0.6 is 11.6 Å². The lowest BCUT2D eigenvalue weighted by Crippen LogP contribution is -2.36. The Bertz CT molecular complexity index is 1260. The Morgan fingerprint density at radius 1 is 1.16 bits per heavy atom. The van der Waals surface area contributed by atoms with Crippen molar-refractivity contribution < 1.29 is 4.79 Å². The Balaban J connectivity index is 1.21. The van der Waals surface area contributed by atoms with E-state index in [1.807, 2.05) is 36.4 Å². The molecule has 0 bridgehead atoms. The lowest BCUT2D eigenvalue weighted by molar-refractivity contribution is -0.126.